The molecule has 305 valence electrons. The third-order valence-electron chi connectivity index (χ3n) is 11.2. The van der Waals surface area contributed by atoms with Gasteiger partial charge in [0.1, 0.15) is 24.2 Å². The van der Waals surface area contributed by atoms with Crippen molar-refractivity contribution in [2.75, 3.05) is 66.0 Å². The molecule has 56 heavy (non-hydrogen) atoms. The minimum Gasteiger partial charge on any atom is -0.540 e. The Morgan fingerprint density at radius 2 is 0.964 bits per heavy atom. The predicted octanol–water partition coefficient (Wildman–Crippen LogP) is -1.87. The molecule has 0 saturated carbocycles. The van der Waals surface area contributed by atoms with E-state index in [1.54, 1.807) is 11.9 Å². The molecule has 0 aromatic carbocycles. The fourth-order valence-corrected chi connectivity index (χ4v) is 8.24. The average molecular weight is 870 g/mol. The smallest absolute Gasteiger partial charge is 0.318 e. The van der Waals surface area contributed by atoms with Crippen LogP contribution in [-0.4, -0.2) is 185 Å². The molecule has 0 spiro atoms. The Kier molecular flexibility index (Phi) is 12.6. The molecule has 8 amide bonds. The maximum Gasteiger partial charge on any atom is 0.318 e. The van der Waals surface area contributed by atoms with Gasteiger partial charge in [-0.1, -0.05) is 6.54 Å². The summed E-state index contributed by atoms with van der Waals surface area (Å²) in [5, 5.41) is 7.35. The van der Waals surface area contributed by atoms with Gasteiger partial charge in [-0.05, 0) is 90.5 Å². The van der Waals surface area contributed by atoms with Crippen molar-refractivity contribution in [2.45, 2.75) is 113 Å². The van der Waals surface area contributed by atoms with Gasteiger partial charge in [0.15, 0.2) is 5.78 Å². The first-order chi connectivity index (χ1) is 28.9. The number of hydrogen-bond donors (Lipinski definition) is 3. The molecule has 0 bridgehead atoms. The Balaban J connectivity index is 0.00000726. The summed E-state index contributed by atoms with van der Waals surface area (Å²) in [7, 11) is 1.73. The molecular formula is C37H54N9O9Y-. The van der Waals surface area contributed by atoms with Gasteiger partial charge >= 0.3 is 6.03 Å². The summed E-state index contributed by atoms with van der Waals surface area (Å²) in [4.78, 5) is 126. The summed E-state index contributed by atoms with van der Waals surface area (Å²) in [5.74, 6) is -4.25. The van der Waals surface area contributed by atoms with Gasteiger partial charge < -0.3 is 45.2 Å². The summed E-state index contributed by atoms with van der Waals surface area (Å²) >= 11 is 0. The SMILES string of the molecule is [3H]C1CC(C(=O)N2CC([3H])CC2C(=O)NCC(=O)N2CC([3H])CC2C(=O)CNC(=O)N2CC([3H])CC2C(=O)N2CC([3H])CC2C(=O)N2CC([3H])CC2C(=O)NC[C-]=O)N(C)C1.[Y]. The maximum atomic E-state index is 14.1. The zero-order valence-electron chi connectivity index (χ0n) is 37.5. The number of rotatable bonds is 12. The average Bonchev–Trinajstić information content (AvgIpc) is 4.08. The van der Waals surface area contributed by atoms with Crippen LogP contribution in [0.4, 0.5) is 4.79 Å². The second-order valence-corrected chi connectivity index (χ2v) is 14.6. The van der Waals surface area contributed by atoms with E-state index in [4.69, 9.17) is 8.22 Å². The molecule has 6 heterocycles. The van der Waals surface area contributed by atoms with Gasteiger partial charge in [-0.3, -0.25) is 38.5 Å². The van der Waals surface area contributed by atoms with Gasteiger partial charge in [0.2, 0.25) is 35.4 Å². The van der Waals surface area contributed by atoms with Gasteiger partial charge in [0.05, 0.1) is 25.2 Å². The fraction of sp³-hybridized carbons (Fsp3) is 0.757. The molecule has 12 atom stereocenters. The molecule has 19 heteroatoms. The van der Waals surface area contributed by atoms with Crippen LogP contribution in [0.2, 0.25) is 0 Å². The fourth-order valence-electron chi connectivity index (χ4n) is 8.24. The van der Waals surface area contributed by atoms with Crippen molar-refractivity contribution >= 4 is 53.5 Å². The van der Waals surface area contributed by atoms with E-state index in [0.29, 0.717) is 13.0 Å². The summed E-state index contributed by atoms with van der Waals surface area (Å²) in [6.45, 7) is -1.69. The van der Waals surface area contributed by atoms with Crippen LogP contribution in [0.3, 0.4) is 0 Å². The van der Waals surface area contributed by atoms with E-state index in [1.807, 2.05) is 0 Å². The zero-order chi connectivity index (χ0) is 44.4. The number of Topliss-reactive ketones (excluding diaryl/α,β-unsaturated/α-hetero) is 1. The van der Waals surface area contributed by atoms with Crippen molar-refractivity contribution in [3.8, 4) is 0 Å². The normalized spacial score (nSPS) is 37.1. The molecule has 12 unspecified atom stereocenters. The number of ketones is 1. The second-order valence-electron chi connectivity index (χ2n) is 14.6. The molecule has 6 aliphatic heterocycles. The number of urea groups is 1. The van der Waals surface area contributed by atoms with E-state index in [0.717, 1.165) is 9.80 Å². The quantitative estimate of drug-likeness (QED) is 0.186. The summed E-state index contributed by atoms with van der Waals surface area (Å²) in [5.41, 5.74) is 0. The molecule has 0 aliphatic carbocycles. The van der Waals surface area contributed by atoms with Gasteiger partial charge in [-0.2, -0.15) is 0 Å². The number of likely N-dealkylation sites (N-methyl/N-ethyl adjacent to an activating group) is 1. The molecule has 3 N–H and O–H groups in total. The minimum atomic E-state index is -1.22. The molecular weight excluding hydrogens is 803 g/mol. The van der Waals surface area contributed by atoms with E-state index in [9.17, 15) is 43.2 Å². The number of carbonyl (C=O) groups excluding carboxylic acids is 9. The van der Waals surface area contributed by atoms with Gasteiger partial charge in [0.25, 0.3) is 0 Å². The standard InChI is InChI=1S/C37H54N9O9.Y/c1-41-15-2-11-27(41)34(52)43-17-5-10-26(43)33(51)39-23-31(49)42-16-3-8-24(42)30(48)22-40-37(55)46-20-7-13-29(46)36(54)45-19-6-12-28(45)35(53)44-18-4-9-25(44)32(50)38-14-21-47;/h24-29H,2-20,22-23H2,1H3,(H,38,50)(H,39,51)(H,40,55);/q-1;/i2T,3T,4T,5T,6T,7T;. The van der Waals surface area contributed by atoms with Gasteiger partial charge in [-0.15, -0.1) is 0 Å². The van der Waals surface area contributed by atoms with Crippen LogP contribution >= 0.6 is 0 Å². The second kappa shape index (κ2) is 19.8. The Morgan fingerprint density at radius 3 is 1.52 bits per heavy atom. The van der Waals surface area contributed by atoms with E-state index < -0.39 is 136 Å². The van der Waals surface area contributed by atoms with Crippen molar-refractivity contribution in [3.05, 3.63) is 0 Å². The number of nitrogens with zero attached hydrogens (tertiary/aromatic N) is 6. The van der Waals surface area contributed by atoms with Crippen LogP contribution in [0.1, 0.15) is 85.1 Å². The van der Waals surface area contributed by atoms with Gasteiger partial charge in [-0.25, -0.2) is 11.1 Å². The van der Waals surface area contributed by atoms with Crippen LogP contribution in [-0.2, 0) is 71.1 Å². The van der Waals surface area contributed by atoms with Gasteiger partial charge in [0, 0.05) is 73.7 Å². The van der Waals surface area contributed by atoms with Crippen molar-refractivity contribution in [1.82, 2.24) is 45.3 Å². The predicted molar refractivity (Wildman–Crippen MR) is 194 cm³/mol. The first kappa shape index (κ1) is 35.6. The third kappa shape index (κ3) is 9.44. The van der Waals surface area contributed by atoms with Crippen LogP contribution in [0.15, 0.2) is 0 Å². The molecule has 6 aliphatic rings. The zero-order valence-corrected chi connectivity index (χ0v) is 34.3. The van der Waals surface area contributed by atoms with Crippen molar-refractivity contribution in [2.24, 2.45) is 0 Å². The van der Waals surface area contributed by atoms with Crippen LogP contribution in [0.5, 0.6) is 0 Å². The number of nitrogens with one attached hydrogen (secondary N) is 3. The third-order valence-corrected chi connectivity index (χ3v) is 11.2. The van der Waals surface area contributed by atoms with Crippen molar-refractivity contribution in [3.63, 3.8) is 0 Å². The van der Waals surface area contributed by atoms with E-state index in [2.05, 4.69) is 16.0 Å². The number of amides is 8. The maximum absolute atomic E-state index is 14.1. The first-order valence-corrected chi connectivity index (χ1v) is 18.8. The summed E-state index contributed by atoms with van der Waals surface area (Å²) in [6.07, 6.45) is -2.85. The largest absolute Gasteiger partial charge is 0.540 e. The van der Waals surface area contributed by atoms with Crippen LogP contribution < -0.4 is 16.0 Å². The topological polar surface area (TPSA) is 209 Å². The van der Waals surface area contributed by atoms with E-state index in [1.165, 1.54) is 21.0 Å². The summed E-state index contributed by atoms with van der Waals surface area (Å²) in [6, 6.07) is -7.03. The van der Waals surface area contributed by atoms with Crippen LogP contribution in [0.25, 0.3) is 0 Å². The Hall–Kier alpha value is -3.51. The Labute approximate surface area is 360 Å². The number of carbonyl (C=O) groups is 8. The molecule has 1 radical (unpaired) electrons. The molecule has 6 fully saturated rings. The number of likely N-dealkylation sites (tertiary alicyclic amines) is 6. The molecule has 18 nitrogen and oxygen atoms in total. The van der Waals surface area contributed by atoms with E-state index >= 15 is 0 Å². The monoisotopic (exact) mass is 869 g/mol. The minimum absolute atomic E-state index is 0. The molecule has 6 rings (SSSR count). The Morgan fingerprint density at radius 1 is 0.536 bits per heavy atom. The van der Waals surface area contributed by atoms with Crippen molar-refractivity contribution in [1.29, 1.82) is 0 Å². The first-order valence-electron chi connectivity index (χ1n) is 22.3. The molecule has 0 aromatic rings. The van der Waals surface area contributed by atoms with Crippen LogP contribution in [0, 0.1) is 0 Å². The van der Waals surface area contributed by atoms with E-state index in [-0.39, 0.29) is 103 Å². The molecule has 0 aromatic heterocycles. The Bertz CT molecular complexity index is 1780. The van der Waals surface area contributed by atoms with Crippen molar-refractivity contribution < 1.29 is 84.1 Å². The summed E-state index contributed by atoms with van der Waals surface area (Å²) < 4.78 is 49.5. The molecule has 6 saturated heterocycles. The number of hydrogen-bond acceptors (Lipinski definition) is 10.